The maximum Gasteiger partial charge on any atom is 0.316 e. The third kappa shape index (κ3) is 4.06. The zero-order chi connectivity index (χ0) is 10.3. The third-order valence-corrected chi connectivity index (χ3v) is 2.26. The molecule has 0 spiro atoms. The minimum absolute atomic E-state index is 0.305. The van der Waals surface area contributed by atoms with Gasteiger partial charge in [-0.3, -0.25) is 4.79 Å². The van der Waals surface area contributed by atoms with E-state index in [4.69, 9.17) is 14.9 Å². The molecule has 0 aromatic carbocycles. The molecule has 0 saturated heterocycles. The van der Waals surface area contributed by atoms with Gasteiger partial charge in [0.15, 0.2) is 0 Å². The van der Waals surface area contributed by atoms with Crippen LogP contribution in [-0.4, -0.2) is 41.3 Å². The standard InChI is InChI=1S/C8H15BrO4/c1-8(5-10,6-11)7(12)13-4-2-3-9/h10-11H,2-6H2,1H3. The van der Waals surface area contributed by atoms with Crippen LogP contribution in [0.2, 0.25) is 0 Å². The summed E-state index contributed by atoms with van der Waals surface area (Å²) in [5, 5.41) is 18.4. The lowest BCUT2D eigenvalue weighted by Gasteiger charge is -2.21. The maximum absolute atomic E-state index is 11.2. The molecule has 0 radical (unpaired) electrons. The van der Waals surface area contributed by atoms with Crippen LogP contribution >= 0.6 is 15.9 Å². The molecule has 0 atom stereocenters. The summed E-state index contributed by atoms with van der Waals surface area (Å²) in [6.07, 6.45) is 0.721. The number of aliphatic hydroxyl groups excluding tert-OH is 2. The van der Waals surface area contributed by atoms with Crippen molar-refractivity contribution in [1.29, 1.82) is 0 Å². The molecule has 0 aliphatic carbocycles. The Bertz CT molecular complexity index is 156. The highest BCUT2D eigenvalue weighted by atomic mass is 79.9. The van der Waals surface area contributed by atoms with Crippen LogP contribution in [0.5, 0.6) is 0 Å². The fraction of sp³-hybridized carbons (Fsp3) is 0.875. The number of rotatable bonds is 6. The van der Waals surface area contributed by atoms with Crippen molar-refractivity contribution in [3.63, 3.8) is 0 Å². The van der Waals surface area contributed by atoms with Gasteiger partial charge >= 0.3 is 5.97 Å². The first-order valence-corrected chi connectivity index (χ1v) is 5.18. The zero-order valence-corrected chi connectivity index (χ0v) is 9.21. The van der Waals surface area contributed by atoms with Gasteiger partial charge in [-0.15, -0.1) is 0 Å². The van der Waals surface area contributed by atoms with Crippen LogP contribution < -0.4 is 0 Å². The van der Waals surface area contributed by atoms with Gasteiger partial charge in [-0.2, -0.15) is 0 Å². The maximum atomic E-state index is 11.2. The lowest BCUT2D eigenvalue weighted by Crippen LogP contribution is -2.37. The van der Waals surface area contributed by atoms with E-state index in [1.165, 1.54) is 6.92 Å². The number of halogens is 1. The van der Waals surface area contributed by atoms with Crippen LogP contribution in [0.4, 0.5) is 0 Å². The summed E-state index contributed by atoms with van der Waals surface area (Å²) in [5.74, 6) is -0.557. The van der Waals surface area contributed by atoms with E-state index in [2.05, 4.69) is 15.9 Å². The average molecular weight is 255 g/mol. The molecule has 0 saturated carbocycles. The van der Waals surface area contributed by atoms with E-state index in [1.54, 1.807) is 0 Å². The van der Waals surface area contributed by atoms with Crippen molar-refractivity contribution < 1.29 is 19.7 Å². The summed E-state index contributed by atoms with van der Waals surface area (Å²) in [5.41, 5.74) is -1.17. The fourth-order valence-corrected chi connectivity index (χ4v) is 0.802. The number of carbonyl (C=O) groups is 1. The summed E-state index contributed by atoms with van der Waals surface area (Å²) in [6.45, 7) is 0.955. The minimum Gasteiger partial charge on any atom is -0.465 e. The van der Waals surface area contributed by atoms with Crippen molar-refractivity contribution in [2.75, 3.05) is 25.2 Å². The van der Waals surface area contributed by atoms with Crippen LogP contribution in [0.25, 0.3) is 0 Å². The lowest BCUT2D eigenvalue weighted by atomic mass is 9.93. The molecular formula is C8H15BrO4. The topological polar surface area (TPSA) is 66.8 Å². The van der Waals surface area contributed by atoms with Crippen molar-refractivity contribution in [2.24, 2.45) is 5.41 Å². The van der Waals surface area contributed by atoms with Crippen molar-refractivity contribution in [1.82, 2.24) is 0 Å². The van der Waals surface area contributed by atoms with Gasteiger partial charge in [-0.1, -0.05) is 15.9 Å². The Morgan fingerprint density at radius 2 is 2.00 bits per heavy atom. The Morgan fingerprint density at radius 1 is 1.46 bits per heavy atom. The Balaban J connectivity index is 3.92. The molecule has 0 aliphatic heterocycles. The largest absolute Gasteiger partial charge is 0.465 e. The lowest BCUT2D eigenvalue weighted by molar-refractivity contribution is -0.160. The number of carbonyl (C=O) groups excluding carboxylic acids is 1. The Hall–Kier alpha value is -0.130. The van der Waals surface area contributed by atoms with Crippen molar-refractivity contribution in [3.8, 4) is 0 Å². The van der Waals surface area contributed by atoms with E-state index in [0.29, 0.717) is 6.61 Å². The van der Waals surface area contributed by atoms with Gasteiger partial charge in [0.2, 0.25) is 0 Å². The fourth-order valence-electron chi connectivity index (χ4n) is 0.573. The molecule has 0 aliphatic rings. The van der Waals surface area contributed by atoms with Crippen LogP contribution in [0, 0.1) is 5.41 Å². The second kappa shape index (κ2) is 6.34. The van der Waals surface area contributed by atoms with Gasteiger partial charge < -0.3 is 14.9 Å². The van der Waals surface area contributed by atoms with Crippen LogP contribution in [0.1, 0.15) is 13.3 Å². The molecule has 0 bridgehead atoms. The molecule has 0 rings (SSSR count). The summed E-state index contributed by atoms with van der Waals surface area (Å²) in [6, 6.07) is 0. The first-order valence-electron chi connectivity index (χ1n) is 4.05. The summed E-state index contributed by atoms with van der Waals surface area (Å²) in [4.78, 5) is 11.2. The minimum atomic E-state index is -1.17. The van der Waals surface area contributed by atoms with Gasteiger partial charge in [0.1, 0.15) is 5.41 Å². The SMILES string of the molecule is CC(CO)(CO)C(=O)OCCCBr. The normalized spacial score (nSPS) is 11.4. The van der Waals surface area contributed by atoms with Crippen molar-refractivity contribution >= 4 is 21.9 Å². The van der Waals surface area contributed by atoms with Crippen LogP contribution in [-0.2, 0) is 9.53 Å². The zero-order valence-electron chi connectivity index (χ0n) is 7.62. The van der Waals surface area contributed by atoms with Crippen molar-refractivity contribution in [2.45, 2.75) is 13.3 Å². The number of hydrogen-bond donors (Lipinski definition) is 2. The number of esters is 1. The highest BCUT2D eigenvalue weighted by Gasteiger charge is 2.33. The highest BCUT2D eigenvalue weighted by Crippen LogP contribution is 2.16. The smallest absolute Gasteiger partial charge is 0.316 e. The second-order valence-electron chi connectivity index (χ2n) is 3.06. The van der Waals surface area contributed by atoms with Crippen LogP contribution in [0.3, 0.4) is 0 Å². The molecule has 0 aromatic rings. The molecule has 0 heterocycles. The molecule has 4 nitrogen and oxygen atoms in total. The molecule has 0 fully saturated rings. The quantitative estimate of drug-likeness (QED) is 0.407. The average Bonchev–Trinajstić information content (AvgIpc) is 2.17. The van der Waals surface area contributed by atoms with E-state index in [0.717, 1.165) is 11.8 Å². The summed E-state index contributed by atoms with van der Waals surface area (Å²) < 4.78 is 4.84. The summed E-state index contributed by atoms with van der Waals surface area (Å²) in [7, 11) is 0. The van der Waals surface area contributed by atoms with Crippen molar-refractivity contribution in [3.05, 3.63) is 0 Å². The Morgan fingerprint density at radius 3 is 2.38 bits per heavy atom. The highest BCUT2D eigenvalue weighted by molar-refractivity contribution is 9.09. The monoisotopic (exact) mass is 254 g/mol. The number of alkyl halides is 1. The Labute approximate surface area is 86.0 Å². The molecule has 0 unspecified atom stereocenters. The second-order valence-corrected chi connectivity index (χ2v) is 3.85. The van der Waals surface area contributed by atoms with E-state index in [-0.39, 0.29) is 0 Å². The first-order chi connectivity index (χ1) is 6.10. The molecule has 5 heteroatoms. The molecule has 2 N–H and O–H groups in total. The number of aliphatic hydroxyl groups is 2. The van der Waals surface area contributed by atoms with E-state index in [9.17, 15) is 4.79 Å². The molecular weight excluding hydrogens is 240 g/mol. The molecule has 13 heavy (non-hydrogen) atoms. The van der Waals surface area contributed by atoms with Gasteiger partial charge in [-0.05, 0) is 13.3 Å². The van der Waals surface area contributed by atoms with E-state index < -0.39 is 24.6 Å². The first kappa shape index (κ1) is 12.9. The van der Waals surface area contributed by atoms with Gasteiger partial charge in [-0.25, -0.2) is 0 Å². The van der Waals surface area contributed by atoms with Gasteiger partial charge in [0.25, 0.3) is 0 Å². The number of hydrogen-bond acceptors (Lipinski definition) is 4. The predicted octanol–water partition coefficient (Wildman–Crippen LogP) is 0.305. The van der Waals surface area contributed by atoms with E-state index >= 15 is 0 Å². The molecule has 78 valence electrons. The molecule has 0 aromatic heterocycles. The molecule has 0 amide bonds. The predicted molar refractivity (Wildman–Crippen MR) is 51.6 cm³/mol. The van der Waals surface area contributed by atoms with Gasteiger partial charge in [0.05, 0.1) is 19.8 Å². The van der Waals surface area contributed by atoms with Crippen LogP contribution in [0.15, 0.2) is 0 Å². The Kier molecular flexibility index (Phi) is 6.28. The third-order valence-electron chi connectivity index (χ3n) is 1.70. The number of ether oxygens (including phenoxy) is 1. The van der Waals surface area contributed by atoms with Gasteiger partial charge in [0, 0.05) is 5.33 Å². The van der Waals surface area contributed by atoms with E-state index in [1.807, 2.05) is 0 Å². The summed E-state index contributed by atoms with van der Waals surface area (Å²) >= 11 is 3.19.